The molecule has 0 heterocycles. The Labute approximate surface area is 86.7 Å². The van der Waals surface area contributed by atoms with Crippen molar-refractivity contribution in [1.29, 1.82) is 0 Å². The summed E-state index contributed by atoms with van der Waals surface area (Å²) in [5, 5.41) is 0. The highest BCUT2D eigenvalue weighted by atomic mass is 14.4. The molecule has 0 unspecified atom stereocenters. The second-order valence-electron chi connectivity index (χ2n) is 4.27. The van der Waals surface area contributed by atoms with Crippen LogP contribution in [0.15, 0.2) is 36.9 Å². The quantitative estimate of drug-likeness (QED) is 0.627. The highest BCUT2D eigenvalue weighted by Gasteiger charge is 2.33. The molecular weight excluding hydrogens is 168 g/mol. The molecule has 1 aliphatic rings. The van der Waals surface area contributed by atoms with Crippen LogP contribution >= 0.6 is 0 Å². The zero-order valence-electron chi connectivity index (χ0n) is 8.63. The smallest absolute Gasteiger partial charge is 0.00126 e. The van der Waals surface area contributed by atoms with Gasteiger partial charge in [-0.3, -0.25) is 0 Å². The predicted molar refractivity (Wildman–Crippen MR) is 60.2 cm³/mol. The first-order valence-corrected chi connectivity index (χ1v) is 5.45. The molecule has 1 fully saturated rings. The van der Waals surface area contributed by atoms with Crippen LogP contribution < -0.4 is 0 Å². The fourth-order valence-electron chi connectivity index (χ4n) is 2.68. The van der Waals surface area contributed by atoms with Crippen molar-refractivity contribution in [2.24, 2.45) is 0 Å². The van der Waals surface area contributed by atoms with Crippen molar-refractivity contribution in [3.8, 4) is 0 Å². The van der Waals surface area contributed by atoms with Gasteiger partial charge in [0.25, 0.3) is 0 Å². The summed E-state index contributed by atoms with van der Waals surface area (Å²) in [7, 11) is 0. The Kier molecular flexibility index (Phi) is 2.72. The molecule has 1 saturated carbocycles. The van der Waals surface area contributed by atoms with E-state index in [1.165, 1.54) is 31.2 Å². The van der Waals surface area contributed by atoms with Crippen molar-refractivity contribution >= 4 is 0 Å². The van der Waals surface area contributed by atoms with Gasteiger partial charge in [0, 0.05) is 0 Å². The van der Waals surface area contributed by atoms with Crippen LogP contribution in [-0.2, 0) is 5.41 Å². The van der Waals surface area contributed by atoms with E-state index in [9.17, 15) is 0 Å². The molecule has 0 atom stereocenters. The molecule has 0 bridgehead atoms. The Bertz CT molecular complexity index is 291. The highest BCUT2D eigenvalue weighted by Crippen LogP contribution is 2.43. The minimum atomic E-state index is 0.400. The van der Waals surface area contributed by atoms with Crippen molar-refractivity contribution in [1.82, 2.24) is 0 Å². The zero-order chi connectivity index (χ0) is 9.86. The van der Waals surface area contributed by atoms with Crippen molar-refractivity contribution in [3.05, 3.63) is 48.6 Å². The molecule has 0 amide bonds. The molecule has 0 saturated heterocycles. The standard InChI is InChI=1S/C14H17/c1-2-10-14(11-6-7-12-14)13-8-4-3-5-9-13/h2,4-5,8-9H,1,6-7,10-12H2. The maximum Gasteiger partial charge on any atom is -0.00126 e. The van der Waals surface area contributed by atoms with Gasteiger partial charge in [0.15, 0.2) is 0 Å². The minimum absolute atomic E-state index is 0.400. The number of allylic oxidation sites excluding steroid dienone is 1. The predicted octanol–water partition coefficient (Wildman–Crippen LogP) is 3.87. The Balaban J connectivity index is 2.31. The topological polar surface area (TPSA) is 0 Å². The SMILES string of the molecule is C=CCC1(c2cc[c]cc2)CCCC1. The first kappa shape index (κ1) is 9.51. The van der Waals surface area contributed by atoms with Gasteiger partial charge in [0.1, 0.15) is 0 Å². The van der Waals surface area contributed by atoms with Gasteiger partial charge in [0.05, 0.1) is 0 Å². The van der Waals surface area contributed by atoms with Crippen LogP contribution in [0.1, 0.15) is 37.7 Å². The van der Waals surface area contributed by atoms with Crippen LogP contribution in [-0.4, -0.2) is 0 Å². The fourth-order valence-corrected chi connectivity index (χ4v) is 2.68. The second kappa shape index (κ2) is 4.00. The van der Waals surface area contributed by atoms with Crippen molar-refractivity contribution in [2.75, 3.05) is 0 Å². The summed E-state index contributed by atoms with van der Waals surface area (Å²) >= 11 is 0. The number of hydrogen-bond donors (Lipinski definition) is 0. The lowest BCUT2D eigenvalue weighted by Crippen LogP contribution is -2.20. The lowest BCUT2D eigenvalue weighted by atomic mass is 9.76. The maximum absolute atomic E-state index is 3.89. The van der Waals surface area contributed by atoms with E-state index in [0.717, 1.165) is 6.42 Å². The molecule has 14 heavy (non-hydrogen) atoms. The molecule has 2 rings (SSSR count). The van der Waals surface area contributed by atoms with E-state index in [-0.39, 0.29) is 0 Å². The third kappa shape index (κ3) is 1.61. The van der Waals surface area contributed by atoms with Crippen LogP contribution in [0.3, 0.4) is 0 Å². The number of hydrogen-bond acceptors (Lipinski definition) is 0. The summed E-state index contributed by atoms with van der Waals surface area (Å²) in [6, 6.07) is 11.6. The van der Waals surface area contributed by atoms with Gasteiger partial charge >= 0.3 is 0 Å². The Morgan fingerprint density at radius 3 is 2.50 bits per heavy atom. The van der Waals surface area contributed by atoms with E-state index in [2.05, 4.69) is 30.9 Å². The van der Waals surface area contributed by atoms with E-state index in [1.807, 2.05) is 12.1 Å². The zero-order valence-corrected chi connectivity index (χ0v) is 8.63. The van der Waals surface area contributed by atoms with E-state index in [4.69, 9.17) is 0 Å². The van der Waals surface area contributed by atoms with Crippen LogP contribution in [0, 0.1) is 6.07 Å². The Morgan fingerprint density at radius 1 is 1.29 bits per heavy atom. The summed E-state index contributed by atoms with van der Waals surface area (Å²) in [5.74, 6) is 0. The first-order valence-electron chi connectivity index (χ1n) is 5.45. The van der Waals surface area contributed by atoms with Gasteiger partial charge in [-0.05, 0) is 36.3 Å². The average Bonchev–Trinajstić information content (AvgIpc) is 2.70. The monoisotopic (exact) mass is 185 g/mol. The van der Waals surface area contributed by atoms with E-state index < -0.39 is 0 Å². The molecule has 1 radical (unpaired) electrons. The summed E-state index contributed by atoms with van der Waals surface area (Å²) < 4.78 is 0. The molecular formula is C14H17. The third-order valence-electron chi connectivity index (χ3n) is 3.43. The molecule has 73 valence electrons. The van der Waals surface area contributed by atoms with E-state index >= 15 is 0 Å². The molecule has 0 heteroatoms. The number of benzene rings is 1. The molecule has 1 aromatic rings. The van der Waals surface area contributed by atoms with Gasteiger partial charge < -0.3 is 0 Å². The normalized spacial score (nSPS) is 19.4. The van der Waals surface area contributed by atoms with E-state index in [1.54, 1.807) is 0 Å². The van der Waals surface area contributed by atoms with Crippen molar-refractivity contribution < 1.29 is 0 Å². The molecule has 0 spiro atoms. The largest absolute Gasteiger partial charge is 0.103 e. The lowest BCUT2D eigenvalue weighted by molar-refractivity contribution is 0.447. The molecule has 1 aliphatic carbocycles. The highest BCUT2D eigenvalue weighted by molar-refractivity contribution is 5.27. The van der Waals surface area contributed by atoms with Gasteiger partial charge in [-0.15, -0.1) is 6.58 Å². The van der Waals surface area contributed by atoms with Crippen LogP contribution in [0.4, 0.5) is 0 Å². The molecule has 0 N–H and O–H groups in total. The summed E-state index contributed by atoms with van der Waals surface area (Å²) in [5.41, 5.74) is 1.88. The fraction of sp³-hybridized carbons (Fsp3) is 0.429. The van der Waals surface area contributed by atoms with Crippen LogP contribution in [0.25, 0.3) is 0 Å². The van der Waals surface area contributed by atoms with Crippen molar-refractivity contribution in [2.45, 2.75) is 37.5 Å². The Morgan fingerprint density at radius 2 is 1.93 bits per heavy atom. The summed E-state index contributed by atoms with van der Waals surface area (Å²) in [6.07, 6.45) is 8.57. The average molecular weight is 185 g/mol. The van der Waals surface area contributed by atoms with Gasteiger partial charge in [-0.25, -0.2) is 0 Å². The van der Waals surface area contributed by atoms with Crippen LogP contribution in [0.2, 0.25) is 0 Å². The van der Waals surface area contributed by atoms with Crippen molar-refractivity contribution in [3.63, 3.8) is 0 Å². The molecule has 0 aliphatic heterocycles. The van der Waals surface area contributed by atoms with E-state index in [0.29, 0.717) is 5.41 Å². The first-order chi connectivity index (χ1) is 6.87. The lowest BCUT2D eigenvalue weighted by Gasteiger charge is -2.28. The minimum Gasteiger partial charge on any atom is -0.103 e. The molecule has 1 aromatic carbocycles. The summed E-state index contributed by atoms with van der Waals surface area (Å²) in [6.45, 7) is 3.89. The summed E-state index contributed by atoms with van der Waals surface area (Å²) in [4.78, 5) is 0. The third-order valence-corrected chi connectivity index (χ3v) is 3.43. The molecule has 0 aromatic heterocycles. The van der Waals surface area contributed by atoms with Gasteiger partial charge in [-0.2, -0.15) is 0 Å². The number of rotatable bonds is 3. The van der Waals surface area contributed by atoms with Gasteiger partial charge in [-0.1, -0.05) is 43.2 Å². The van der Waals surface area contributed by atoms with Crippen LogP contribution in [0.5, 0.6) is 0 Å². The molecule has 0 nitrogen and oxygen atoms in total. The second-order valence-corrected chi connectivity index (χ2v) is 4.27. The Hall–Kier alpha value is -1.04. The van der Waals surface area contributed by atoms with Gasteiger partial charge in [0.2, 0.25) is 0 Å². The maximum atomic E-state index is 3.89.